The van der Waals surface area contributed by atoms with Gasteiger partial charge in [0.1, 0.15) is 24.4 Å². The highest BCUT2D eigenvalue weighted by atomic mass is 16.5. The van der Waals surface area contributed by atoms with Crippen molar-refractivity contribution in [1.29, 1.82) is 0 Å². The molecule has 4 rings (SSSR count). The minimum atomic E-state index is -0.680. The Bertz CT molecular complexity index is 753. The van der Waals surface area contributed by atoms with E-state index >= 15 is 0 Å². The first-order chi connectivity index (χ1) is 12.1. The molecule has 0 aromatic heterocycles. The molecule has 1 unspecified atom stereocenters. The first-order valence-electron chi connectivity index (χ1n) is 8.95. The SMILES string of the molecule is CCO[C@@H]1C2=CCN3C(C)=C(C)NC3C2=N[C@H](c2ccccc2)[C@H]1O. The summed E-state index contributed by atoms with van der Waals surface area (Å²) >= 11 is 0. The fraction of sp³-hybridized carbons (Fsp3) is 0.450. The number of aliphatic hydroxyl groups is 1. The van der Waals surface area contributed by atoms with Crippen LogP contribution in [0.15, 0.2) is 58.4 Å². The van der Waals surface area contributed by atoms with Gasteiger partial charge in [-0.25, -0.2) is 0 Å². The standard InChI is InChI=1S/C20H25N3O2/c1-4-25-19-15-10-11-23-13(3)12(2)21-20(23)17(15)22-16(18(19)24)14-8-6-5-7-9-14/h5-10,16,18-21,24H,4,11H2,1-3H3/t16-,18-,19-,20?/m1/s1. The van der Waals surface area contributed by atoms with Crippen LogP contribution in [0.25, 0.3) is 0 Å². The quantitative estimate of drug-likeness (QED) is 0.888. The molecule has 25 heavy (non-hydrogen) atoms. The van der Waals surface area contributed by atoms with Gasteiger partial charge in [0.15, 0.2) is 0 Å². The average molecular weight is 339 g/mol. The summed E-state index contributed by atoms with van der Waals surface area (Å²) in [7, 11) is 0. The van der Waals surface area contributed by atoms with Crippen LogP contribution in [0.4, 0.5) is 0 Å². The zero-order valence-electron chi connectivity index (χ0n) is 14.9. The second kappa shape index (κ2) is 6.32. The molecule has 5 heteroatoms. The van der Waals surface area contributed by atoms with Crippen LogP contribution < -0.4 is 5.32 Å². The molecule has 3 aliphatic rings. The van der Waals surface area contributed by atoms with Gasteiger partial charge in [-0.1, -0.05) is 36.4 Å². The zero-order chi connectivity index (χ0) is 17.6. The number of aliphatic imine (C=N–C) groups is 1. The van der Waals surface area contributed by atoms with Crippen molar-refractivity contribution < 1.29 is 9.84 Å². The number of rotatable bonds is 3. The molecule has 0 amide bonds. The van der Waals surface area contributed by atoms with Crippen molar-refractivity contribution in [2.75, 3.05) is 13.2 Å². The summed E-state index contributed by atoms with van der Waals surface area (Å²) in [5.74, 6) is 0. The fourth-order valence-corrected chi connectivity index (χ4v) is 3.99. The van der Waals surface area contributed by atoms with Crippen LogP contribution in [0.1, 0.15) is 32.4 Å². The van der Waals surface area contributed by atoms with Crippen LogP contribution >= 0.6 is 0 Å². The van der Waals surface area contributed by atoms with Gasteiger partial charge in [0.2, 0.25) is 0 Å². The molecule has 4 atom stereocenters. The maximum absolute atomic E-state index is 11.0. The lowest BCUT2D eigenvalue weighted by Crippen LogP contribution is -2.54. The van der Waals surface area contributed by atoms with E-state index in [1.165, 1.54) is 11.4 Å². The Morgan fingerprint density at radius 2 is 2.04 bits per heavy atom. The summed E-state index contributed by atoms with van der Waals surface area (Å²) in [6, 6.07) is 9.68. The third kappa shape index (κ3) is 2.58. The van der Waals surface area contributed by atoms with Gasteiger partial charge in [-0.2, -0.15) is 0 Å². The lowest BCUT2D eigenvalue weighted by molar-refractivity contribution is -0.0245. The number of fused-ring (bicyclic) bond motifs is 3. The van der Waals surface area contributed by atoms with E-state index in [1.807, 2.05) is 37.3 Å². The Hall–Kier alpha value is -2.11. The molecule has 2 N–H and O–H groups in total. The summed E-state index contributed by atoms with van der Waals surface area (Å²) in [6.45, 7) is 7.57. The van der Waals surface area contributed by atoms with Crippen molar-refractivity contribution >= 4 is 5.71 Å². The van der Waals surface area contributed by atoms with E-state index in [4.69, 9.17) is 9.73 Å². The van der Waals surface area contributed by atoms with E-state index in [1.54, 1.807) is 0 Å². The average Bonchev–Trinajstić information content (AvgIpc) is 2.92. The molecule has 3 heterocycles. The van der Waals surface area contributed by atoms with Gasteiger partial charge in [-0.05, 0) is 26.3 Å². The van der Waals surface area contributed by atoms with Crippen molar-refractivity contribution in [1.82, 2.24) is 10.2 Å². The number of nitrogens with one attached hydrogen (secondary N) is 1. The van der Waals surface area contributed by atoms with E-state index < -0.39 is 6.10 Å². The van der Waals surface area contributed by atoms with Crippen LogP contribution in [0.2, 0.25) is 0 Å². The lowest BCUT2D eigenvalue weighted by Gasteiger charge is -2.42. The monoisotopic (exact) mass is 339 g/mol. The maximum atomic E-state index is 11.0. The van der Waals surface area contributed by atoms with Gasteiger partial charge in [0.25, 0.3) is 0 Å². The van der Waals surface area contributed by atoms with Crippen LogP contribution in [0.5, 0.6) is 0 Å². The summed E-state index contributed by atoms with van der Waals surface area (Å²) in [6.07, 6.45) is 1.17. The minimum absolute atomic E-state index is 0.0293. The predicted molar refractivity (Wildman–Crippen MR) is 98.1 cm³/mol. The highest BCUT2D eigenvalue weighted by molar-refractivity contribution is 6.07. The highest BCUT2D eigenvalue weighted by Gasteiger charge is 2.45. The summed E-state index contributed by atoms with van der Waals surface area (Å²) in [5, 5.41) is 14.5. The van der Waals surface area contributed by atoms with Gasteiger partial charge in [0.05, 0.1) is 5.71 Å². The Balaban J connectivity index is 1.78. The van der Waals surface area contributed by atoms with E-state index in [9.17, 15) is 5.11 Å². The van der Waals surface area contributed by atoms with Crippen LogP contribution in [0, 0.1) is 0 Å². The fourth-order valence-electron chi connectivity index (χ4n) is 3.99. The van der Waals surface area contributed by atoms with Crippen molar-refractivity contribution in [3.63, 3.8) is 0 Å². The number of ether oxygens (including phenoxy) is 1. The van der Waals surface area contributed by atoms with Gasteiger partial charge in [-0.15, -0.1) is 0 Å². The van der Waals surface area contributed by atoms with Crippen molar-refractivity contribution in [3.8, 4) is 0 Å². The number of benzene rings is 1. The molecule has 1 aromatic carbocycles. The number of aliphatic hydroxyl groups excluding tert-OH is 1. The van der Waals surface area contributed by atoms with E-state index in [-0.39, 0.29) is 18.3 Å². The minimum Gasteiger partial charge on any atom is -0.387 e. The van der Waals surface area contributed by atoms with E-state index in [0.717, 1.165) is 23.4 Å². The molecule has 0 bridgehead atoms. The number of hydrogen-bond donors (Lipinski definition) is 2. The normalized spacial score (nSPS) is 31.1. The molecular formula is C20H25N3O2. The highest BCUT2D eigenvalue weighted by Crippen LogP contribution is 2.37. The molecule has 0 saturated carbocycles. The molecule has 1 aromatic rings. The third-order valence-corrected chi connectivity index (χ3v) is 5.41. The van der Waals surface area contributed by atoms with Crippen LogP contribution in [-0.2, 0) is 4.74 Å². The largest absolute Gasteiger partial charge is 0.387 e. The maximum Gasteiger partial charge on any atom is 0.143 e. The van der Waals surface area contributed by atoms with Gasteiger partial charge < -0.3 is 20.1 Å². The van der Waals surface area contributed by atoms with Crippen molar-refractivity contribution in [2.24, 2.45) is 4.99 Å². The second-order valence-corrected chi connectivity index (χ2v) is 6.81. The Labute approximate surface area is 148 Å². The lowest BCUT2D eigenvalue weighted by atomic mass is 9.85. The van der Waals surface area contributed by atoms with E-state index in [0.29, 0.717) is 6.61 Å². The zero-order valence-corrected chi connectivity index (χ0v) is 14.9. The molecule has 0 saturated heterocycles. The van der Waals surface area contributed by atoms with E-state index in [2.05, 4.69) is 30.1 Å². The van der Waals surface area contributed by atoms with Crippen LogP contribution in [0.3, 0.4) is 0 Å². The van der Waals surface area contributed by atoms with Gasteiger partial charge in [0, 0.05) is 30.1 Å². The molecule has 132 valence electrons. The predicted octanol–water partition coefficient (Wildman–Crippen LogP) is 2.37. The summed E-state index contributed by atoms with van der Waals surface area (Å²) in [5.41, 5.74) is 5.46. The van der Waals surface area contributed by atoms with Crippen LogP contribution in [-0.4, -0.2) is 47.2 Å². The topological polar surface area (TPSA) is 57.1 Å². The molecule has 0 aliphatic carbocycles. The number of nitrogens with zero attached hydrogens (tertiary/aromatic N) is 2. The summed E-state index contributed by atoms with van der Waals surface area (Å²) < 4.78 is 5.96. The Kier molecular flexibility index (Phi) is 4.13. The molecule has 5 nitrogen and oxygen atoms in total. The third-order valence-electron chi connectivity index (χ3n) is 5.41. The molecule has 0 fully saturated rings. The van der Waals surface area contributed by atoms with Crippen molar-refractivity contribution in [2.45, 2.75) is 45.2 Å². The summed E-state index contributed by atoms with van der Waals surface area (Å²) in [4.78, 5) is 7.31. The first-order valence-corrected chi connectivity index (χ1v) is 8.95. The number of allylic oxidation sites excluding steroid dienone is 2. The molecule has 0 radical (unpaired) electrons. The molecule has 3 aliphatic heterocycles. The molecular weight excluding hydrogens is 314 g/mol. The smallest absolute Gasteiger partial charge is 0.143 e. The van der Waals surface area contributed by atoms with Gasteiger partial charge in [-0.3, -0.25) is 4.99 Å². The second-order valence-electron chi connectivity index (χ2n) is 6.81. The first kappa shape index (κ1) is 16.4. The number of hydrogen-bond acceptors (Lipinski definition) is 5. The Morgan fingerprint density at radius 3 is 2.76 bits per heavy atom. The molecule has 0 spiro atoms. The van der Waals surface area contributed by atoms with Gasteiger partial charge >= 0.3 is 0 Å². The van der Waals surface area contributed by atoms with Crippen molar-refractivity contribution in [3.05, 3.63) is 58.9 Å². The Morgan fingerprint density at radius 1 is 1.28 bits per heavy atom.